The highest BCUT2D eigenvalue weighted by molar-refractivity contribution is 5.93. The molecule has 1 aromatic heterocycles. The van der Waals surface area contributed by atoms with Crippen LogP contribution in [0.25, 0.3) is 0 Å². The van der Waals surface area contributed by atoms with Crippen LogP contribution in [0.1, 0.15) is 74.2 Å². The molecule has 2 heterocycles. The summed E-state index contributed by atoms with van der Waals surface area (Å²) < 4.78 is 2.23. The summed E-state index contributed by atoms with van der Waals surface area (Å²) in [5.41, 5.74) is 2.75. The fraction of sp³-hybridized carbons (Fsp3) is 0.739. The van der Waals surface area contributed by atoms with Gasteiger partial charge in [-0.2, -0.15) is 5.26 Å². The molecule has 158 valence electrons. The topological polar surface area (TPSA) is 64.3 Å². The van der Waals surface area contributed by atoms with Gasteiger partial charge in [0.1, 0.15) is 11.9 Å². The average molecular weight is 398 g/mol. The van der Waals surface area contributed by atoms with Crippen LogP contribution in [0.3, 0.4) is 0 Å². The number of hydrogen-bond donors (Lipinski definition) is 1. The van der Waals surface area contributed by atoms with Crippen molar-refractivity contribution >= 4 is 11.7 Å². The number of aromatic nitrogens is 1. The van der Waals surface area contributed by atoms with E-state index in [1.165, 1.54) is 38.5 Å². The van der Waals surface area contributed by atoms with Gasteiger partial charge in [0.25, 0.3) is 0 Å². The first-order valence-electron chi connectivity index (χ1n) is 11.5. The molecule has 0 aromatic carbocycles. The molecule has 0 bridgehead atoms. The number of rotatable bonds is 5. The summed E-state index contributed by atoms with van der Waals surface area (Å²) in [4.78, 5) is 17.8. The third-order valence-corrected chi connectivity index (χ3v) is 7.43. The van der Waals surface area contributed by atoms with Crippen molar-refractivity contribution in [3.63, 3.8) is 0 Å². The van der Waals surface area contributed by atoms with E-state index in [9.17, 15) is 10.1 Å². The van der Waals surface area contributed by atoms with Crippen LogP contribution in [0.4, 0.5) is 5.82 Å². The average Bonchev–Trinajstić information content (AvgIpc) is 3.46. The van der Waals surface area contributed by atoms with Crippen molar-refractivity contribution in [2.24, 2.45) is 0 Å². The molecule has 3 fully saturated rings. The number of nitriles is 1. The van der Waals surface area contributed by atoms with Gasteiger partial charge in [-0.25, -0.2) is 0 Å². The first kappa shape index (κ1) is 20.4. The lowest BCUT2D eigenvalue weighted by atomic mass is 10.2. The second kappa shape index (κ2) is 8.89. The molecule has 4 rings (SSSR count). The van der Waals surface area contributed by atoms with Crippen molar-refractivity contribution in [1.29, 1.82) is 5.26 Å². The van der Waals surface area contributed by atoms with Crippen molar-refractivity contribution in [3.05, 3.63) is 16.8 Å². The third kappa shape index (κ3) is 4.22. The quantitative estimate of drug-likeness (QED) is 0.825. The number of carbonyl (C=O) groups excluding carboxylic acids is 1. The van der Waals surface area contributed by atoms with E-state index in [1.807, 2.05) is 6.92 Å². The molecule has 0 radical (unpaired) electrons. The summed E-state index contributed by atoms with van der Waals surface area (Å²) in [5, 5.41) is 12.8. The number of carbonyl (C=O) groups is 1. The fourth-order valence-corrected chi connectivity index (χ4v) is 5.64. The van der Waals surface area contributed by atoms with E-state index in [4.69, 9.17) is 0 Å². The van der Waals surface area contributed by atoms with Gasteiger partial charge in [-0.15, -0.1) is 0 Å². The zero-order valence-corrected chi connectivity index (χ0v) is 18.0. The van der Waals surface area contributed by atoms with Crippen molar-refractivity contribution in [3.8, 4) is 6.07 Å². The van der Waals surface area contributed by atoms with Gasteiger partial charge in [-0.1, -0.05) is 25.7 Å². The molecule has 3 aliphatic rings. The van der Waals surface area contributed by atoms with E-state index in [-0.39, 0.29) is 5.91 Å². The molecular weight excluding hydrogens is 362 g/mol. The predicted octanol–water partition coefficient (Wildman–Crippen LogP) is 3.59. The lowest BCUT2D eigenvalue weighted by molar-refractivity contribution is -0.117. The van der Waals surface area contributed by atoms with Crippen molar-refractivity contribution in [2.75, 3.05) is 38.0 Å². The van der Waals surface area contributed by atoms with E-state index < -0.39 is 0 Å². The highest BCUT2D eigenvalue weighted by Crippen LogP contribution is 2.37. The molecule has 0 unspecified atom stereocenters. The Morgan fingerprint density at radius 2 is 1.59 bits per heavy atom. The van der Waals surface area contributed by atoms with Gasteiger partial charge < -0.3 is 9.88 Å². The molecule has 1 amide bonds. The first-order chi connectivity index (χ1) is 14.1. The van der Waals surface area contributed by atoms with Crippen LogP contribution in [-0.4, -0.2) is 59.0 Å². The minimum atomic E-state index is 0.00700. The third-order valence-electron chi connectivity index (χ3n) is 7.43. The molecule has 6 nitrogen and oxygen atoms in total. The normalized spacial score (nSPS) is 22.2. The molecule has 6 heteroatoms. The van der Waals surface area contributed by atoms with E-state index in [0.29, 0.717) is 18.2 Å². The molecular formula is C23H35N5O. The first-order valence-corrected chi connectivity index (χ1v) is 11.5. The van der Waals surface area contributed by atoms with Crippen LogP contribution in [-0.2, 0) is 4.79 Å². The maximum atomic E-state index is 12.9. The van der Waals surface area contributed by atoms with Gasteiger partial charge in [-0.3, -0.25) is 14.6 Å². The van der Waals surface area contributed by atoms with Gasteiger partial charge >= 0.3 is 0 Å². The Hall–Kier alpha value is -1.84. The van der Waals surface area contributed by atoms with Crippen LogP contribution in [0, 0.1) is 25.2 Å². The molecule has 1 aliphatic heterocycles. The number of nitrogens with one attached hydrogen (secondary N) is 1. The number of piperazine rings is 1. The molecule has 2 saturated carbocycles. The Labute approximate surface area is 174 Å². The molecule has 1 N–H and O–H groups in total. The fourth-order valence-electron chi connectivity index (χ4n) is 5.64. The molecule has 1 saturated heterocycles. The number of nitrogens with zero attached hydrogens (tertiary/aromatic N) is 4. The lowest BCUT2D eigenvalue weighted by Crippen LogP contribution is -2.51. The highest BCUT2D eigenvalue weighted by Gasteiger charge is 2.29. The Bertz CT molecular complexity index is 772. The lowest BCUT2D eigenvalue weighted by Gasteiger charge is -2.37. The van der Waals surface area contributed by atoms with Gasteiger partial charge in [0, 0.05) is 44.0 Å². The van der Waals surface area contributed by atoms with Crippen molar-refractivity contribution in [2.45, 2.75) is 77.3 Å². The summed E-state index contributed by atoms with van der Waals surface area (Å²) in [7, 11) is 0. The molecule has 2 aliphatic carbocycles. The van der Waals surface area contributed by atoms with E-state index >= 15 is 0 Å². The van der Waals surface area contributed by atoms with Gasteiger partial charge in [0.15, 0.2) is 0 Å². The summed E-state index contributed by atoms with van der Waals surface area (Å²) in [6.07, 6.45) is 10.1. The van der Waals surface area contributed by atoms with Crippen molar-refractivity contribution < 1.29 is 4.79 Å². The zero-order valence-electron chi connectivity index (χ0n) is 18.0. The van der Waals surface area contributed by atoms with E-state index in [0.717, 1.165) is 62.1 Å². The van der Waals surface area contributed by atoms with E-state index in [1.54, 1.807) is 0 Å². The van der Waals surface area contributed by atoms with Crippen LogP contribution >= 0.6 is 0 Å². The summed E-state index contributed by atoms with van der Waals surface area (Å²) in [6, 6.07) is 3.51. The van der Waals surface area contributed by atoms with Gasteiger partial charge in [-0.05, 0) is 45.1 Å². The summed E-state index contributed by atoms with van der Waals surface area (Å²) in [5.74, 6) is 0.733. The van der Waals surface area contributed by atoms with Crippen LogP contribution in [0.15, 0.2) is 0 Å². The van der Waals surface area contributed by atoms with Crippen molar-refractivity contribution in [1.82, 2.24) is 14.4 Å². The number of amides is 1. The molecule has 1 aromatic rings. The second-order valence-electron chi connectivity index (χ2n) is 9.15. The maximum absolute atomic E-state index is 12.9. The van der Waals surface area contributed by atoms with Crippen LogP contribution in [0.5, 0.6) is 0 Å². The SMILES string of the molecule is Cc1c(C#N)c(NC(=O)CN2CCN(C3CCCC3)CC2)n(C2CCCC2)c1C. The van der Waals surface area contributed by atoms with Gasteiger partial charge in [0.05, 0.1) is 12.1 Å². The molecule has 0 spiro atoms. The van der Waals surface area contributed by atoms with E-state index in [2.05, 4.69) is 32.7 Å². The minimum Gasteiger partial charge on any atom is -0.327 e. The smallest absolute Gasteiger partial charge is 0.239 e. The Morgan fingerprint density at radius 1 is 1.00 bits per heavy atom. The highest BCUT2D eigenvalue weighted by atomic mass is 16.2. The molecule has 0 atom stereocenters. The standard InChI is InChI=1S/C23H35N5O/c1-17-18(2)28(20-9-5-6-10-20)23(21(17)15-24)25-22(29)16-26-11-13-27(14-12-26)19-7-3-4-8-19/h19-20H,3-14,16H2,1-2H3,(H,25,29). The summed E-state index contributed by atoms with van der Waals surface area (Å²) in [6.45, 7) is 8.53. The largest absolute Gasteiger partial charge is 0.327 e. The Morgan fingerprint density at radius 3 is 2.17 bits per heavy atom. The minimum absolute atomic E-state index is 0.00700. The Balaban J connectivity index is 1.40. The maximum Gasteiger partial charge on any atom is 0.239 e. The van der Waals surface area contributed by atoms with Gasteiger partial charge in [0.2, 0.25) is 5.91 Å². The number of hydrogen-bond acceptors (Lipinski definition) is 4. The summed E-state index contributed by atoms with van der Waals surface area (Å²) >= 11 is 0. The zero-order chi connectivity index (χ0) is 20.4. The predicted molar refractivity (Wildman–Crippen MR) is 115 cm³/mol. The number of anilines is 1. The molecule has 29 heavy (non-hydrogen) atoms. The second-order valence-corrected chi connectivity index (χ2v) is 9.15. The van der Waals surface area contributed by atoms with Crippen LogP contribution < -0.4 is 5.32 Å². The Kier molecular flexibility index (Phi) is 6.26. The van der Waals surface area contributed by atoms with Crippen LogP contribution in [0.2, 0.25) is 0 Å². The monoisotopic (exact) mass is 397 g/mol.